The van der Waals surface area contributed by atoms with Gasteiger partial charge in [0.15, 0.2) is 0 Å². The Morgan fingerprint density at radius 3 is 2.77 bits per heavy atom. The van der Waals surface area contributed by atoms with Crippen molar-refractivity contribution in [2.75, 3.05) is 6.61 Å². The van der Waals surface area contributed by atoms with Gasteiger partial charge in [-0.3, -0.25) is 0 Å². The van der Waals surface area contributed by atoms with E-state index in [0.29, 0.717) is 12.3 Å². The summed E-state index contributed by atoms with van der Waals surface area (Å²) >= 11 is 0. The molecule has 1 aliphatic carbocycles. The predicted molar refractivity (Wildman–Crippen MR) is 85.3 cm³/mol. The van der Waals surface area contributed by atoms with Crippen LogP contribution in [-0.2, 0) is 11.3 Å². The van der Waals surface area contributed by atoms with Crippen molar-refractivity contribution in [1.82, 2.24) is 0 Å². The molecule has 1 aliphatic rings. The Balaban J connectivity index is 1.75. The molecule has 1 unspecified atom stereocenters. The molecular weight excluding hydrogens is 278 g/mol. The maximum atomic E-state index is 10.2. The van der Waals surface area contributed by atoms with E-state index in [2.05, 4.69) is 54.2 Å². The van der Waals surface area contributed by atoms with Crippen molar-refractivity contribution < 1.29 is 9.92 Å². The highest BCUT2D eigenvalue weighted by molar-refractivity contribution is 5.78. The first-order valence-corrected chi connectivity index (χ1v) is 7.64. The van der Waals surface area contributed by atoms with Gasteiger partial charge < -0.3 is 4.84 Å². The number of benzene rings is 2. The average molecular weight is 297 g/mol. The first-order valence-electron chi connectivity index (χ1n) is 7.64. The van der Waals surface area contributed by atoms with Crippen LogP contribution in [0.25, 0.3) is 11.1 Å². The fraction of sp³-hybridized carbons (Fsp3) is 0.333. The van der Waals surface area contributed by atoms with E-state index in [0.717, 1.165) is 12.8 Å². The van der Waals surface area contributed by atoms with E-state index < -0.39 is 5.09 Å². The third-order valence-electron chi connectivity index (χ3n) is 4.40. The molecule has 0 radical (unpaired) electrons. The molecule has 4 nitrogen and oxygen atoms in total. The normalized spacial score (nSPS) is 13.3. The third-order valence-corrected chi connectivity index (χ3v) is 4.40. The summed E-state index contributed by atoms with van der Waals surface area (Å²) in [6.45, 7) is 2.36. The molecule has 4 heteroatoms. The van der Waals surface area contributed by atoms with E-state index in [1.54, 1.807) is 0 Å². The van der Waals surface area contributed by atoms with Crippen LogP contribution in [0, 0.1) is 10.1 Å². The molecule has 1 atom stereocenters. The Morgan fingerprint density at radius 2 is 1.95 bits per heavy atom. The van der Waals surface area contributed by atoms with E-state index in [1.165, 1.54) is 27.8 Å². The summed E-state index contributed by atoms with van der Waals surface area (Å²) in [6.07, 6.45) is 2.57. The predicted octanol–water partition coefficient (Wildman–Crippen LogP) is 4.35. The van der Waals surface area contributed by atoms with Gasteiger partial charge in [0, 0.05) is 0 Å². The Hall–Kier alpha value is -2.36. The summed E-state index contributed by atoms with van der Waals surface area (Å²) < 4.78 is 0. The Kier molecular flexibility index (Phi) is 4.09. The van der Waals surface area contributed by atoms with Crippen molar-refractivity contribution >= 4 is 0 Å². The monoisotopic (exact) mass is 297 g/mol. The molecule has 0 N–H and O–H groups in total. The molecule has 0 bridgehead atoms. The highest BCUT2D eigenvalue weighted by Gasteiger charge is 2.22. The maximum Gasteiger partial charge on any atom is 0.294 e. The van der Waals surface area contributed by atoms with Gasteiger partial charge in [0.25, 0.3) is 5.09 Å². The molecule has 3 rings (SSSR count). The van der Waals surface area contributed by atoms with Crippen LogP contribution in [0.15, 0.2) is 42.5 Å². The van der Waals surface area contributed by atoms with Crippen LogP contribution in [0.5, 0.6) is 0 Å². The van der Waals surface area contributed by atoms with Gasteiger partial charge in [-0.05, 0) is 53.0 Å². The minimum absolute atomic E-state index is 0.173. The van der Waals surface area contributed by atoms with Gasteiger partial charge in [0.05, 0.1) is 6.61 Å². The van der Waals surface area contributed by atoms with Gasteiger partial charge in [-0.2, -0.15) is 0 Å². The molecule has 0 aliphatic heterocycles. The van der Waals surface area contributed by atoms with Crippen molar-refractivity contribution in [2.24, 2.45) is 0 Å². The molecular formula is C18H19NO3. The zero-order valence-electron chi connectivity index (χ0n) is 12.6. The molecule has 0 saturated carbocycles. The molecule has 0 aromatic heterocycles. The lowest BCUT2D eigenvalue weighted by Crippen LogP contribution is -2.05. The molecule has 0 spiro atoms. The SMILES string of the molecule is CC(CCCO[N+](=O)[O-])c1cccc2c1Cc1ccccc1-2. The Bertz CT molecular complexity index is 696. The second kappa shape index (κ2) is 6.18. The third kappa shape index (κ3) is 2.82. The number of nitrogens with zero attached hydrogens (tertiary/aromatic N) is 1. The van der Waals surface area contributed by atoms with Crippen molar-refractivity contribution in [2.45, 2.75) is 32.1 Å². The average Bonchev–Trinajstić information content (AvgIpc) is 2.89. The summed E-state index contributed by atoms with van der Waals surface area (Å²) in [4.78, 5) is 14.6. The minimum Gasteiger partial charge on any atom is -0.314 e. The largest absolute Gasteiger partial charge is 0.314 e. The Morgan fingerprint density at radius 1 is 1.18 bits per heavy atom. The topological polar surface area (TPSA) is 52.4 Å². The zero-order valence-corrected chi connectivity index (χ0v) is 12.6. The molecule has 0 saturated heterocycles. The molecule has 0 fully saturated rings. The van der Waals surface area contributed by atoms with E-state index in [9.17, 15) is 10.1 Å². The van der Waals surface area contributed by atoms with E-state index in [1.807, 2.05) is 0 Å². The second-order valence-corrected chi connectivity index (χ2v) is 5.81. The lowest BCUT2D eigenvalue weighted by molar-refractivity contribution is -0.757. The molecule has 22 heavy (non-hydrogen) atoms. The highest BCUT2D eigenvalue weighted by atomic mass is 16.9. The van der Waals surface area contributed by atoms with Gasteiger partial charge in [-0.15, -0.1) is 10.1 Å². The minimum atomic E-state index is -0.721. The first-order chi connectivity index (χ1) is 10.7. The van der Waals surface area contributed by atoms with E-state index in [-0.39, 0.29) is 6.61 Å². The van der Waals surface area contributed by atoms with Crippen LogP contribution in [0.2, 0.25) is 0 Å². The van der Waals surface area contributed by atoms with Crippen LogP contribution in [0.1, 0.15) is 42.4 Å². The summed E-state index contributed by atoms with van der Waals surface area (Å²) in [5.74, 6) is 0.375. The zero-order chi connectivity index (χ0) is 15.5. The fourth-order valence-corrected chi connectivity index (χ4v) is 3.33. The van der Waals surface area contributed by atoms with E-state index in [4.69, 9.17) is 0 Å². The van der Waals surface area contributed by atoms with E-state index >= 15 is 0 Å². The standard InChI is InChI=1S/C18H19NO3/c1-13(6-5-11-22-19(20)21)15-9-4-10-17-16-8-3-2-7-14(16)12-18(15)17/h2-4,7-10,13H,5-6,11-12H2,1H3. The van der Waals surface area contributed by atoms with Crippen LogP contribution in [-0.4, -0.2) is 11.7 Å². The molecule has 114 valence electrons. The van der Waals surface area contributed by atoms with Gasteiger partial charge >= 0.3 is 0 Å². The highest BCUT2D eigenvalue weighted by Crippen LogP contribution is 2.40. The lowest BCUT2D eigenvalue weighted by atomic mass is 9.90. The van der Waals surface area contributed by atoms with Gasteiger partial charge in [-0.25, -0.2) is 0 Å². The molecule has 2 aromatic carbocycles. The maximum absolute atomic E-state index is 10.2. The second-order valence-electron chi connectivity index (χ2n) is 5.81. The first kappa shape index (κ1) is 14.6. The summed E-state index contributed by atoms with van der Waals surface area (Å²) in [7, 11) is 0. The Labute approximate surface area is 129 Å². The molecule has 2 aromatic rings. The number of hydrogen-bond donors (Lipinski definition) is 0. The smallest absolute Gasteiger partial charge is 0.294 e. The van der Waals surface area contributed by atoms with Crippen molar-refractivity contribution in [3.63, 3.8) is 0 Å². The van der Waals surface area contributed by atoms with Crippen molar-refractivity contribution in [1.29, 1.82) is 0 Å². The van der Waals surface area contributed by atoms with Gasteiger partial charge in [0.1, 0.15) is 0 Å². The summed E-state index contributed by atoms with van der Waals surface area (Å²) in [6, 6.07) is 15.0. The lowest BCUT2D eigenvalue weighted by Gasteiger charge is -2.16. The number of hydrogen-bond acceptors (Lipinski definition) is 3. The molecule has 0 heterocycles. The fourth-order valence-electron chi connectivity index (χ4n) is 3.33. The number of fused-ring (bicyclic) bond motifs is 3. The quantitative estimate of drug-likeness (QED) is 0.386. The van der Waals surface area contributed by atoms with Gasteiger partial charge in [0.2, 0.25) is 0 Å². The molecule has 0 amide bonds. The van der Waals surface area contributed by atoms with Crippen LogP contribution < -0.4 is 0 Å². The van der Waals surface area contributed by atoms with Crippen molar-refractivity contribution in [3.8, 4) is 11.1 Å². The van der Waals surface area contributed by atoms with Crippen LogP contribution in [0.3, 0.4) is 0 Å². The van der Waals surface area contributed by atoms with Crippen molar-refractivity contribution in [3.05, 3.63) is 69.3 Å². The summed E-state index contributed by atoms with van der Waals surface area (Å²) in [5, 5.41) is 9.46. The number of rotatable bonds is 6. The van der Waals surface area contributed by atoms with Crippen LogP contribution in [0.4, 0.5) is 0 Å². The summed E-state index contributed by atoms with van der Waals surface area (Å²) in [5.41, 5.74) is 6.82. The van der Waals surface area contributed by atoms with Gasteiger partial charge in [-0.1, -0.05) is 49.4 Å². The van der Waals surface area contributed by atoms with Crippen LogP contribution >= 0.6 is 0 Å².